The van der Waals surface area contributed by atoms with E-state index in [4.69, 9.17) is 4.74 Å². The van der Waals surface area contributed by atoms with E-state index in [9.17, 15) is 0 Å². The minimum Gasteiger partial charge on any atom is -0.383 e. The molecule has 1 saturated carbocycles. The molecule has 1 atom stereocenters. The molecule has 0 aliphatic heterocycles. The van der Waals surface area contributed by atoms with Crippen molar-refractivity contribution < 1.29 is 4.74 Å². The molecule has 1 heterocycles. The van der Waals surface area contributed by atoms with Crippen molar-refractivity contribution in [1.82, 2.24) is 9.55 Å². The quantitative estimate of drug-likeness (QED) is 0.828. The Morgan fingerprint density at radius 1 is 1.37 bits per heavy atom. The summed E-state index contributed by atoms with van der Waals surface area (Å²) in [4.78, 5) is 4.63. The first-order valence-corrected chi connectivity index (χ1v) is 7.51. The highest BCUT2D eigenvalue weighted by atomic mass is 16.5. The summed E-state index contributed by atoms with van der Waals surface area (Å²) in [5.74, 6) is 1.01. The summed E-state index contributed by atoms with van der Waals surface area (Å²) in [5, 5.41) is 3.65. The lowest BCUT2D eigenvalue weighted by Gasteiger charge is -2.21. The van der Waals surface area contributed by atoms with Crippen molar-refractivity contribution in [2.75, 3.05) is 19.0 Å². The Kier molecular flexibility index (Phi) is 5.25. The maximum Gasteiger partial charge on any atom is 0.203 e. The molecule has 19 heavy (non-hydrogen) atoms. The molecular weight excluding hydrogens is 238 g/mol. The zero-order chi connectivity index (χ0) is 13.7. The van der Waals surface area contributed by atoms with E-state index in [-0.39, 0.29) is 0 Å². The number of aryl methyl sites for hydroxylation is 1. The summed E-state index contributed by atoms with van der Waals surface area (Å²) in [6.45, 7) is 4.94. The third-order valence-corrected chi connectivity index (χ3v) is 3.92. The molecule has 0 aromatic carbocycles. The van der Waals surface area contributed by atoms with E-state index in [2.05, 4.69) is 28.0 Å². The van der Waals surface area contributed by atoms with Crippen LogP contribution < -0.4 is 5.32 Å². The number of imidazole rings is 1. The lowest BCUT2D eigenvalue weighted by molar-refractivity contribution is 0.163. The van der Waals surface area contributed by atoms with Gasteiger partial charge >= 0.3 is 0 Å². The molecule has 1 unspecified atom stereocenters. The van der Waals surface area contributed by atoms with Crippen LogP contribution >= 0.6 is 0 Å². The average Bonchev–Trinajstić information content (AvgIpc) is 2.59. The van der Waals surface area contributed by atoms with Crippen LogP contribution in [-0.2, 0) is 4.74 Å². The van der Waals surface area contributed by atoms with Gasteiger partial charge in [-0.1, -0.05) is 25.7 Å². The first kappa shape index (κ1) is 14.4. The lowest BCUT2D eigenvalue weighted by atomic mass is 10.1. The zero-order valence-electron chi connectivity index (χ0n) is 12.5. The number of nitrogens with zero attached hydrogens (tertiary/aromatic N) is 2. The van der Waals surface area contributed by atoms with Gasteiger partial charge in [0.15, 0.2) is 0 Å². The fourth-order valence-electron chi connectivity index (χ4n) is 2.89. The van der Waals surface area contributed by atoms with Gasteiger partial charge in [-0.3, -0.25) is 0 Å². The van der Waals surface area contributed by atoms with Crippen molar-refractivity contribution in [3.05, 3.63) is 11.9 Å². The van der Waals surface area contributed by atoms with E-state index in [1.165, 1.54) is 38.5 Å². The maximum absolute atomic E-state index is 5.26. The molecule has 1 N–H and O–H groups in total. The van der Waals surface area contributed by atoms with Crippen LogP contribution in [0.1, 0.15) is 57.2 Å². The number of ether oxygens (including phenoxy) is 1. The van der Waals surface area contributed by atoms with Crippen LogP contribution in [0.5, 0.6) is 0 Å². The van der Waals surface area contributed by atoms with Crippen LogP contribution in [0.15, 0.2) is 6.20 Å². The monoisotopic (exact) mass is 265 g/mol. The number of nitrogens with one attached hydrogen (secondary N) is 1. The molecule has 0 spiro atoms. The lowest BCUT2D eigenvalue weighted by Crippen LogP contribution is -2.22. The number of hydrogen-bond donors (Lipinski definition) is 1. The van der Waals surface area contributed by atoms with Gasteiger partial charge in [-0.25, -0.2) is 4.98 Å². The summed E-state index contributed by atoms with van der Waals surface area (Å²) in [7, 11) is 1.75. The third kappa shape index (κ3) is 3.96. The summed E-state index contributed by atoms with van der Waals surface area (Å²) < 4.78 is 7.47. The minimum atomic E-state index is 0.319. The smallest absolute Gasteiger partial charge is 0.203 e. The molecule has 1 fully saturated rings. The van der Waals surface area contributed by atoms with Crippen molar-refractivity contribution in [1.29, 1.82) is 0 Å². The molecule has 1 aromatic rings. The predicted molar refractivity (Wildman–Crippen MR) is 78.7 cm³/mol. The van der Waals surface area contributed by atoms with Gasteiger partial charge in [0.1, 0.15) is 0 Å². The van der Waals surface area contributed by atoms with Gasteiger partial charge in [-0.2, -0.15) is 0 Å². The van der Waals surface area contributed by atoms with Crippen molar-refractivity contribution in [3.63, 3.8) is 0 Å². The number of hydrogen-bond acceptors (Lipinski definition) is 3. The average molecular weight is 265 g/mol. The number of aromatic nitrogens is 2. The SMILES string of the molecule is COCC(C)n1cc(C)nc1NC1CCCCCC1. The Hall–Kier alpha value is -1.03. The fraction of sp³-hybridized carbons (Fsp3) is 0.800. The topological polar surface area (TPSA) is 39.1 Å². The number of methoxy groups -OCH3 is 1. The molecule has 4 heteroatoms. The highest BCUT2D eigenvalue weighted by Gasteiger charge is 2.17. The van der Waals surface area contributed by atoms with Crippen molar-refractivity contribution >= 4 is 5.95 Å². The highest BCUT2D eigenvalue weighted by Crippen LogP contribution is 2.23. The first-order chi connectivity index (χ1) is 9.20. The van der Waals surface area contributed by atoms with Gasteiger partial charge in [0.25, 0.3) is 0 Å². The van der Waals surface area contributed by atoms with Crippen LogP contribution in [0, 0.1) is 6.92 Å². The molecular formula is C15H27N3O. The van der Waals surface area contributed by atoms with Crippen LogP contribution in [0.2, 0.25) is 0 Å². The van der Waals surface area contributed by atoms with E-state index in [0.717, 1.165) is 18.2 Å². The normalized spacial score (nSPS) is 19.1. The van der Waals surface area contributed by atoms with Gasteiger partial charge in [0.05, 0.1) is 18.3 Å². The van der Waals surface area contributed by atoms with Crippen LogP contribution in [-0.4, -0.2) is 29.3 Å². The van der Waals surface area contributed by atoms with Gasteiger partial charge in [-0.15, -0.1) is 0 Å². The van der Waals surface area contributed by atoms with Gasteiger partial charge in [0, 0.05) is 19.3 Å². The molecule has 1 aromatic heterocycles. The van der Waals surface area contributed by atoms with E-state index >= 15 is 0 Å². The number of rotatable bonds is 5. The second-order valence-electron chi connectivity index (χ2n) is 5.75. The summed E-state index contributed by atoms with van der Waals surface area (Å²) in [6.07, 6.45) is 10.1. The summed E-state index contributed by atoms with van der Waals surface area (Å²) in [6, 6.07) is 0.900. The molecule has 0 saturated heterocycles. The molecule has 2 rings (SSSR count). The Labute approximate surface area is 116 Å². The molecule has 0 amide bonds. The van der Waals surface area contributed by atoms with E-state index < -0.39 is 0 Å². The largest absolute Gasteiger partial charge is 0.383 e. The predicted octanol–water partition coefficient (Wildman–Crippen LogP) is 3.53. The zero-order valence-corrected chi connectivity index (χ0v) is 12.5. The Bertz CT molecular complexity index is 381. The van der Waals surface area contributed by atoms with Crippen LogP contribution in [0.3, 0.4) is 0 Å². The molecule has 0 radical (unpaired) electrons. The molecule has 1 aliphatic carbocycles. The molecule has 108 valence electrons. The Balaban J connectivity index is 2.05. The summed E-state index contributed by atoms with van der Waals surface area (Å²) in [5.41, 5.74) is 1.07. The maximum atomic E-state index is 5.26. The second kappa shape index (κ2) is 6.94. The van der Waals surface area contributed by atoms with Crippen molar-refractivity contribution in [3.8, 4) is 0 Å². The van der Waals surface area contributed by atoms with E-state index in [1.807, 2.05) is 6.92 Å². The fourth-order valence-corrected chi connectivity index (χ4v) is 2.89. The third-order valence-electron chi connectivity index (χ3n) is 3.92. The van der Waals surface area contributed by atoms with E-state index in [0.29, 0.717) is 12.1 Å². The Morgan fingerprint density at radius 2 is 2.05 bits per heavy atom. The van der Waals surface area contributed by atoms with Crippen molar-refractivity contribution in [2.45, 2.75) is 64.5 Å². The van der Waals surface area contributed by atoms with Crippen LogP contribution in [0.25, 0.3) is 0 Å². The van der Waals surface area contributed by atoms with Gasteiger partial charge in [-0.05, 0) is 26.7 Å². The molecule has 4 nitrogen and oxygen atoms in total. The van der Waals surface area contributed by atoms with Crippen molar-refractivity contribution in [2.24, 2.45) is 0 Å². The van der Waals surface area contributed by atoms with Gasteiger partial charge in [0.2, 0.25) is 5.95 Å². The molecule has 1 aliphatic rings. The minimum absolute atomic E-state index is 0.319. The standard InChI is InChI=1S/C15H27N3O/c1-12-10-18(13(2)11-19-3)15(16-12)17-14-8-6-4-5-7-9-14/h10,13-14H,4-9,11H2,1-3H3,(H,16,17). The Morgan fingerprint density at radius 3 is 2.68 bits per heavy atom. The molecule has 0 bridgehead atoms. The summed E-state index contributed by atoms with van der Waals surface area (Å²) >= 11 is 0. The first-order valence-electron chi connectivity index (χ1n) is 7.51. The van der Waals surface area contributed by atoms with Gasteiger partial charge < -0.3 is 14.6 Å². The van der Waals surface area contributed by atoms with E-state index in [1.54, 1.807) is 7.11 Å². The number of anilines is 1. The highest BCUT2D eigenvalue weighted by molar-refractivity contribution is 5.31. The second-order valence-corrected chi connectivity index (χ2v) is 5.75. The van der Waals surface area contributed by atoms with Crippen LogP contribution in [0.4, 0.5) is 5.95 Å².